The number of alkyl halides is 3. The van der Waals surface area contributed by atoms with Gasteiger partial charge in [-0.05, 0) is 23.8 Å². The van der Waals surface area contributed by atoms with Gasteiger partial charge in [-0.15, -0.1) is 11.8 Å². The van der Waals surface area contributed by atoms with E-state index in [4.69, 9.17) is 4.74 Å². The second-order valence-corrected chi connectivity index (χ2v) is 5.18. The Morgan fingerprint density at radius 2 is 2.16 bits per heavy atom. The molecule has 1 aliphatic rings. The maximum atomic E-state index is 12.5. The lowest BCUT2D eigenvalue weighted by Gasteiger charge is -2.21. The van der Waals surface area contributed by atoms with Crippen LogP contribution < -0.4 is 4.74 Å². The van der Waals surface area contributed by atoms with Crippen LogP contribution in [0.2, 0.25) is 0 Å². The van der Waals surface area contributed by atoms with Crippen LogP contribution >= 0.6 is 11.8 Å². The van der Waals surface area contributed by atoms with Gasteiger partial charge in [-0.2, -0.15) is 13.2 Å². The van der Waals surface area contributed by atoms with Crippen molar-refractivity contribution in [1.82, 2.24) is 4.90 Å². The summed E-state index contributed by atoms with van der Waals surface area (Å²) in [4.78, 5) is 13.0. The van der Waals surface area contributed by atoms with E-state index in [1.807, 2.05) is 0 Å². The predicted molar refractivity (Wildman–Crippen MR) is 65.2 cm³/mol. The Labute approximate surface area is 112 Å². The average molecular weight is 291 g/mol. The Morgan fingerprint density at radius 1 is 1.42 bits per heavy atom. The molecule has 0 unspecified atom stereocenters. The van der Waals surface area contributed by atoms with Crippen molar-refractivity contribution in [3.63, 3.8) is 0 Å². The Balaban J connectivity index is 2.26. The second-order valence-electron chi connectivity index (χ2n) is 4.05. The smallest absolute Gasteiger partial charge is 0.471 e. The SMILES string of the molecule is COc1ccc2c(c1)CN(C(=O)C(F)(F)F)CCS2. The first-order valence-electron chi connectivity index (χ1n) is 5.57. The molecule has 0 radical (unpaired) electrons. The van der Waals surface area contributed by atoms with Gasteiger partial charge >= 0.3 is 12.1 Å². The predicted octanol–water partition coefficient (Wildman–Crippen LogP) is 2.69. The van der Waals surface area contributed by atoms with Gasteiger partial charge in [0.05, 0.1) is 7.11 Å². The van der Waals surface area contributed by atoms with Crippen molar-refractivity contribution < 1.29 is 22.7 Å². The molecule has 1 heterocycles. The summed E-state index contributed by atoms with van der Waals surface area (Å²) in [5.74, 6) is -0.773. The molecule has 0 spiro atoms. The zero-order valence-electron chi connectivity index (χ0n) is 10.2. The summed E-state index contributed by atoms with van der Waals surface area (Å²) in [5, 5.41) is 0. The molecule has 0 N–H and O–H groups in total. The summed E-state index contributed by atoms with van der Waals surface area (Å²) >= 11 is 1.44. The summed E-state index contributed by atoms with van der Waals surface area (Å²) in [6, 6.07) is 5.23. The van der Waals surface area contributed by atoms with Crippen molar-refractivity contribution in [2.45, 2.75) is 17.6 Å². The normalized spacial score (nSPS) is 15.7. The number of halogens is 3. The minimum atomic E-state index is -4.83. The first kappa shape index (κ1) is 14.0. The molecule has 0 aromatic heterocycles. The first-order valence-corrected chi connectivity index (χ1v) is 6.56. The lowest BCUT2D eigenvalue weighted by molar-refractivity contribution is -0.185. The van der Waals surface area contributed by atoms with Crippen molar-refractivity contribution in [1.29, 1.82) is 0 Å². The van der Waals surface area contributed by atoms with Crippen LogP contribution in [0.25, 0.3) is 0 Å². The fraction of sp³-hybridized carbons (Fsp3) is 0.417. The van der Waals surface area contributed by atoms with Crippen LogP contribution in [-0.2, 0) is 11.3 Å². The molecule has 0 saturated carbocycles. The van der Waals surface area contributed by atoms with Crippen molar-refractivity contribution in [3.05, 3.63) is 23.8 Å². The van der Waals surface area contributed by atoms with Crippen LogP contribution in [0.4, 0.5) is 13.2 Å². The number of methoxy groups -OCH3 is 1. The third-order valence-corrected chi connectivity index (χ3v) is 3.87. The molecular formula is C12H12F3NO2S. The van der Waals surface area contributed by atoms with E-state index in [1.165, 1.54) is 18.9 Å². The molecule has 3 nitrogen and oxygen atoms in total. The van der Waals surface area contributed by atoms with E-state index in [9.17, 15) is 18.0 Å². The van der Waals surface area contributed by atoms with E-state index in [0.717, 1.165) is 9.80 Å². The van der Waals surface area contributed by atoms with Gasteiger partial charge in [0.25, 0.3) is 0 Å². The van der Waals surface area contributed by atoms with Crippen LogP contribution in [0.1, 0.15) is 5.56 Å². The fourth-order valence-electron chi connectivity index (χ4n) is 1.85. The number of carbonyl (C=O) groups is 1. The molecule has 7 heteroatoms. The number of hydrogen-bond acceptors (Lipinski definition) is 3. The third kappa shape index (κ3) is 3.15. The van der Waals surface area contributed by atoms with Gasteiger partial charge in [0.1, 0.15) is 5.75 Å². The number of carbonyl (C=O) groups excluding carboxylic acids is 1. The second kappa shape index (κ2) is 5.32. The van der Waals surface area contributed by atoms with Gasteiger partial charge in [0.15, 0.2) is 0 Å². The van der Waals surface area contributed by atoms with Crippen molar-refractivity contribution >= 4 is 17.7 Å². The molecule has 0 aliphatic carbocycles. The molecule has 0 saturated heterocycles. The quantitative estimate of drug-likeness (QED) is 0.797. The number of ether oxygens (including phenoxy) is 1. The summed E-state index contributed by atoms with van der Waals surface area (Å²) in [6.45, 7) is 0.0396. The number of nitrogens with zero attached hydrogens (tertiary/aromatic N) is 1. The fourth-order valence-corrected chi connectivity index (χ4v) is 2.85. The van der Waals surface area contributed by atoms with Crippen LogP contribution in [0.5, 0.6) is 5.75 Å². The highest BCUT2D eigenvalue weighted by atomic mass is 32.2. The van der Waals surface area contributed by atoms with Gasteiger partial charge in [0, 0.05) is 23.7 Å². The van der Waals surface area contributed by atoms with E-state index < -0.39 is 12.1 Å². The number of amides is 1. The maximum Gasteiger partial charge on any atom is 0.471 e. The molecule has 0 atom stereocenters. The summed E-state index contributed by atoms with van der Waals surface area (Å²) in [7, 11) is 1.49. The number of rotatable bonds is 1. The van der Waals surface area contributed by atoms with Crippen LogP contribution in [0, 0.1) is 0 Å². The molecule has 104 valence electrons. The van der Waals surface area contributed by atoms with Crippen LogP contribution in [0.3, 0.4) is 0 Å². The zero-order chi connectivity index (χ0) is 14.0. The Morgan fingerprint density at radius 3 is 2.79 bits per heavy atom. The monoisotopic (exact) mass is 291 g/mol. The van der Waals surface area contributed by atoms with Gasteiger partial charge < -0.3 is 9.64 Å². The highest BCUT2D eigenvalue weighted by Gasteiger charge is 2.42. The van der Waals surface area contributed by atoms with E-state index in [-0.39, 0.29) is 13.1 Å². The molecule has 19 heavy (non-hydrogen) atoms. The summed E-state index contributed by atoms with van der Waals surface area (Å²) < 4.78 is 42.4. The molecule has 0 fully saturated rings. The Hall–Kier alpha value is -1.37. The zero-order valence-corrected chi connectivity index (χ0v) is 11.0. The summed E-state index contributed by atoms with van der Waals surface area (Å²) in [6.07, 6.45) is -4.83. The van der Waals surface area contributed by atoms with E-state index in [1.54, 1.807) is 18.2 Å². The van der Waals surface area contributed by atoms with Crippen molar-refractivity contribution in [2.24, 2.45) is 0 Å². The largest absolute Gasteiger partial charge is 0.497 e. The van der Waals surface area contributed by atoms with Gasteiger partial charge in [-0.1, -0.05) is 0 Å². The van der Waals surface area contributed by atoms with Gasteiger partial charge in [0.2, 0.25) is 0 Å². The highest BCUT2D eigenvalue weighted by Crippen LogP contribution is 2.31. The summed E-state index contributed by atoms with van der Waals surface area (Å²) in [5.41, 5.74) is 0.680. The van der Waals surface area contributed by atoms with Crippen LogP contribution in [-0.4, -0.2) is 36.4 Å². The Kier molecular flexibility index (Phi) is 3.93. The van der Waals surface area contributed by atoms with E-state index >= 15 is 0 Å². The molecule has 1 aromatic carbocycles. The topological polar surface area (TPSA) is 29.5 Å². The van der Waals surface area contributed by atoms with Gasteiger partial charge in [-0.25, -0.2) is 0 Å². The van der Waals surface area contributed by atoms with Crippen molar-refractivity contribution in [3.8, 4) is 5.75 Å². The van der Waals surface area contributed by atoms with E-state index in [2.05, 4.69) is 0 Å². The minimum Gasteiger partial charge on any atom is -0.497 e. The molecule has 0 bridgehead atoms. The van der Waals surface area contributed by atoms with E-state index in [0.29, 0.717) is 17.1 Å². The molecule has 1 aliphatic heterocycles. The van der Waals surface area contributed by atoms with Crippen LogP contribution in [0.15, 0.2) is 23.1 Å². The highest BCUT2D eigenvalue weighted by molar-refractivity contribution is 7.99. The standard InChI is InChI=1S/C12H12F3NO2S/c1-18-9-2-3-10-8(6-9)7-16(4-5-19-10)11(17)12(13,14)15/h2-3,6H,4-5,7H2,1H3. The Bertz CT molecular complexity index is 490. The lowest BCUT2D eigenvalue weighted by atomic mass is 10.2. The molecule has 2 rings (SSSR count). The molecule has 1 amide bonds. The molecule has 1 aromatic rings. The lowest BCUT2D eigenvalue weighted by Crippen LogP contribution is -2.41. The van der Waals surface area contributed by atoms with Gasteiger partial charge in [-0.3, -0.25) is 4.79 Å². The molecular weight excluding hydrogens is 279 g/mol. The number of thioether (sulfide) groups is 1. The average Bonchev–Trinajstić information content (AvgIpc) is 2.57. The third-order valence-electron chi connectivity index (χ3n) is 2.78. The first-order chi connectivity index (χ1) is 8.91. The number of benzene rings is 1. The van der Waals surface area contributed by atoms with Crippen molar-refractivity contribution in [2.75, 3.05) is 19.4 Å². The minimum absolute atomic E-state index is 0.0438. The number of hydrogen-bond donors (Lipinski definition) is 0. The number of fused-ring (bicyclic) bond motifs is 1. The maximum absolute atomic E-state index is 12.5.